The molecule has 42 rings (SSSR count). The Kier molecular flexibility index (Phi) is 11.4. The molecule has 8 aromatic carbocycles. The van der Waals surface area contributed by atoms with E-state index in [2.05, 4.69) is 194 Å². The molecule has 0 amide bonds. The highest BCUT2D eigenvalue weighted by atomic mass is 14.3. The van der Waals surface area contributed by atoms with E-state index in [0.717, 1.165) is 0 Å². The first-order valence-electron chi connectivity index (χ1n) is 25.5. The lowest BCUT2D eigenvalue weighted by atomic mass is 9.75. The van der Waals surface area contributed by atoms with Crippen molar-refractivity contribution in [3.05, 3.63) is 228 Å². The summed E-state index contributed by atoms with van der Waals surface area (Å²) < 4.78 is 0. The van der Waals surface area contributed by atoms with Gasteiger partial charge in [0.2, 0.25) is 0 Å². The van der Waals surface area contributed by atoms with E-state index in [0.29, 0.717) is 35.5 Å². The minimum absolute atomic E-state index is 0.648. The highest BCUT2D eigenvalue weighted by Gasteiger charge is 2.26. The van der Waals surface area contributed by atoms with E-state index in [9.17, 15) is 0 Å². The summed E-state index contributed by atoms with van der Waals surface area (Å²) in [5.74, 6) is 3.92. The van der Waals surface area contributed by atoms with Crippen molar-refractivity contribution in [2.24, 2.45) is 0 Å². The maximum Gasteiger partial charge on any atom is -0.0162 e. The van der Waals surface area contributed by atoms with Crippen LogP contribution in [0.5, 0.6) is 0 Å². The van der Waals surface area contributed by atoms with E-state index in [-0.39, 0.29) is 0 Å². The van der Waals surface area contributed by atoms with Gasteiger partial charge in [-0.05, 0) is 202 Å². The third kappa shape index (κ3) is 8.52. The van der Waals surface area contributed by atoms with Gasteiger partial charge in [0.15, 0.2) is 0 Å². The molecule has 22 bridgehead atoms. The summed E-state index contributed by atoms with van der Waals surface area (Å²) in [6.45, 7) is 0. The van der Waals surface area contributed by atoms with Crippen molar-refractivity contribution in [2.45, 2.75) is 113 Å². The second-order valence-electron chi connectivity index (χ2n) is 20.5. The van der Waals surface area contributed by atoms with Crippen LogP contribution in [0, 0.1) is 0 Å². The molecule has 66 heavy (non-hydrogen) atoms. The first-order valence-corrected chi connectivity index (χ1v) is 25.5. The Hall–Kier alpha value is -6.24. The van der Waals surface area contributed by atoms with Gasteiger partial charge in [0, 0.05) is 0 Å². The molecule has 34 aliphatic rings. The zero-order valence-corrected chi connectivity index (χ0v) is 38.4. The van der Waals surface area contributed by atoms with E-state index in [4.69, 9.17) is 0 Å². The van der Waals surface area contributed by atoms with Gasteiger partial charge in [0.1, 0.15) is 0 Å². The van der Waals surface area contributed by atoms with E-state index >= 15 is 0 Å². The summed E-state index contributed by atoms with van der Waals surface area (Å²) >= 11 is 0. The fraction of sp³-hybridized carbons (Fsp3) is 0.273. The molecule has 0 aliphatic heterocycles. The van der Waals surface area contributed by atoms with Crippen molar-refractivity contribution >= 4 is 0 Å². The molecule has 0 radical (unpaired) electrons. The first kappa shape index (κ1) is 41.2. The van der Waals surface area contributed by atoms with Gasteiger partial charge in [0.05, 0.1) is 0 Å². The average Bonchev–Trinajstić information content (AvgIpc) is 3.41. The Balaban J connectivity index is 0.767. The lowest BCUT2D eigenvalue weighted by Gasteiger charge is -2.29. The van der Waals surface area contributed by atoms with Crippen molar-refractivity contribution in [1.29, 1.82) is 0 Å². The first-order chi connectivity index (χ1) is 32.6. The molecule has 0 saturated heterocycles. The van der Waals surface area contributed by atoms with Crippen LogP contribution in [0.2, 0.25) is 0 Å². The summed E-state index contributed by atoms with van der Waals surface area (Å²) in [6.07, 6.45) is 15.1. The number of hydrogen-bond acceptors (Lipinski definition) is 0. The van der Waals surface area contributed by atoms with Crippen LogP contribution in [0.3, 0.4) is 0 Å². The molecule has 3 saturated carbocycles. The monoisotopic (exact) mass is 854 g/mol. The topological polar surface area (TPSA) is 0 Å². The van der Waals surface area contributed by atoms with Crippen LogP contribution in [0.4, 0.5) is 0 Å². The Morgan fingerprint density at radius 2 is 0.227 bits per heavy atom. The molecule has 0 atom stereocenters. The van der Waals surface area contributed by atoms with Crippen LogP contribution in [0.1, 0.15) is 146 Å². The van der Waals surface area contributed by atoms with E-state index < -0.39 is 0 Å². The van der Waals surface area contributed by atoms with Crippen LogP contribution in [-0.2, 0) is 0 Å². The number of rotatable bonds is 0. The van der Waals surface area contributed by atoms with Crippen molar-refractivity contribution in [1.82, 2.24) is 0 Å². The van der Waals surface area contributed by atoms with Gasteiger partial charge in [-0.2, -0.15) is 0 Å². The zero-order chi connectivity index (χ0) is 43.8. The van der Waals surface area contributed by atoms with Crippen molar-refractivity contribution in [3.8, 4) is 55.6 Å². The maximum atomic E-state index is 2.41. The average molecular weight is 855 g/mol. The standard InChI is InChI=1S/C66H62/c1-2-46-4-3-45(1)47-5-7-49(8-6-47)51-13-15-53(16-14-51)55-21-23-57(24-22-55)59-29-31-61(32-30-59)63-37-39-65(40-38-63)66-43-41-64(42-44-66)62-35-33-60(34-36-62)58-27-25-56(26-28-58)54-19-17-52(18-20-54)50-11-9-48(46)10-12-50/h1-12,21-40,51-54,64,66H,13-20,41-44H2. The third-order valence-corrected chi connectivity index (χ3v) is 16.9. The van der Waals surface area contributed by atoms with E-state index in [1.54, 1.807) is 0 Å². The normalized spacial score (nSPS) is 22.4. The van der Waals surface area contributed by atoms with Gasteiger partial charge in [0.25, 0.3) is 0 Å². The largest absolute Gasteiger partial charge is 0.0581 e. The fourth-order valence-electron chi connectivity index (χ4n) is 12.7. The molecular weight excluding hydrogens is 793 g/mol. The molecule has 34 aliphatic carbocycles. The predicted molar refractivity (Wildman–Crippen MR) is 278 cm³/mol. The van der Waals surface area contributed by atoms with Gasteiger partial charge in [-0.1, -0.05) is 194 Å². The zero-order valence-electron chi connectivity index (χ0n) is 38.4. The minimum atomic E-state index is 0.648. The molecule has 0 unspecified atom stereocenters. The number of benzene rings is 8. The lowest BCUT2D eigenvalue weighted by molar-refractivity contribution is 0.396. The fourth-order valence-corrected chi connectivity index (χ4v) is 12.7. The van der Waals surface area contributed by atoms with Crippen LogP contribution in [0.25, 0.3) is 55.6 Å². The number of hydrogen-bond donors (Lipinski definition) is 0. The van der Waals surface area contributed by atoms with Gasteiger partial charge < -0.3 is 0 Å². The molecular formula is C66H62. The summed E-state index contributed by atoms with van der Waals surface area (Å²) in [7, 11) is 0. The summed E-state index contributed by atoms with van der Waals surface area (Å²) in [5, 5.41) is 0. The Morgan fingerprint density at radius 1 is 0.136 bits per heavy atom. The predicted octanol–water partition coefficient (Wildman–Crippen LogP) is 18.7. The van der Waals surface area contributed by atoms with Gasteiger partial charge >= 0.3 is 0 Å². The molecule has 8 aromatic rings. The summed E-state index contributed by atoms with van der Waals surface area (Å²) in [4.78, 5) is 0. The smallest absolute Gasteiger partial charge is 0.0162 e. The molecule has 0 spiro atoms. The second kappa shape index (κ2) is 18.2. The Morgan fingerprint density at radius 3 is 0.333 bits per heavy atom. The molecule has 0 N–H and O–H groups in total. The summed E-state index contributed by atoms with van der Waals surface area (Å²) in [6, 6.07) is 75.5. The molecule has 0 nitrogen and oxygen atoms in total. The second-order valence-corrected chi connectivity index (χ2v) is 20.5. The van der Waals surface area contributed by atoms with Crippen LogP contribution >= 0.6 is 0 Å². The van der Waals surface area contributed by atoms with Gasteiger partial charge in [-0.3, -0.25) is 0 Å². The quantitative estimate of drug-likeness (QED) is 0.143. The highest BCUT2D eigenvalue weighted by Crippen LogP contribution is 2.45. The Bertz CT molecular complexity index is 2640. The van der Waals surface area contributed by atoms with Crippen LogP contribution in [-0.4, -0.2) is 0 Å². The van der Waals surface area contributed by atoms with Crippen molar-refractivity contribution in [2.75, 3.05) is 0 Å². The maximum absolute atomic E-state index is 2.41. The van der Waals surface area contributed by atoms with E-state index in [1.807, 2.05) is 0 Å². The van der Waals surface area contributed by atoms with Crippen LogP contribution in [0.15, 0.2) is 194 Å². The van der Waals surface area contributed by atoms with Crippen LogP contribution < -0.4 is 0 Å². The molecule has 326 valence electrons. The molecule has 0 aromatic heterocycles. The Labute approximate surface area is 393 Å². The van der Waals surface area contributed by atoms with Crippen molar-refractivity contribution < 1.29 is 0 Å². The van der Waals surface area contributed by atoms with E-state index in [1.165, 1.54) is 166 Å². The van der Waals surface area contributed by atoms with Crippen molar-refractivity contribution in [3.63, 3.8) is 0 Å². The van der Waals surface area contributed by atoms with Gasteiger partial charge in [-0.15, -0.1) is 0 Å². The minimum Gasteiger partial charge on any atom is -0.0581 e. The molecule has 0 heteroatoms. The lowest BCUT2D eigenvalue weighted by Crippen LogP contribution is -2.12. The molecule has 0 heterocycles. The SMILES string of the molecule is c1cc2ccc1-c1ccc(cc1)C1CCC(CC1)c1ccc(cc1)-c1ccc(cc1)-c1ccc(cc1)C1CCC(CC1)c1ccc(cc1)-c1ccc(cc1)C1CCC(CC1)c1ccc-2cc1. The molecule has 3 fully saturated rings. The summed E-state index contributed by atoms with van der Waals surface area (Å²) in [5.41, 5.74) is 22.1. The van der Waals surface area contributed by atoms with Gasteiger partial charge in [-0.25, -0.2) is 0 Å². The highest BCUT2D eigenvalue weighted by molar-refractivity contribution is 5.72. The third-order valence-electron chi connectivity index (χ3n) is 16.9.